The minimum atomic E-state index is -3.55. The van der Waals surface area contributed by atoms with Crippen LogP contribution < -0.4 is 10.2 Å². The Balaban J connectivity index is 1.54. The van der Waals surface area contributed by atoms with E-state index in [0.717, 1.165) is 17.7 Å². The van der Waals surface area contributed by atoms with Gasteiger partial charge in [-0.15, -0.1) is 0 Å². The fourth-order valence-corrected chi connectivity index (χ4v) is 5.90. The summed E-state index contributed by atoms with van der Waals surface area (Å²) in [6.45, 7) is 4.01. The number of nitrogens with one attached hydrogen (secondary N) is 2. The molecule has 1 amide bonds. The minimum Gasteiger partial charge on any atom is -0.348 e. The summed E-state index contributed by atoms with van der Waals surface area (Å²) in [5, 5.41) is 3.63. The monoisotopic (exact) mass is 428 g/mol. The van der Waals surface area contributed by atoms with Crippen molar-refractivity contribution in [1.82, 2.24) is 9.62 Å². The van der Waals surface area contributed by atoms with Crippen LogP contribution in [0.2, 0.25) is 5.02 Å². The average molecular weight is 429 g/mol. The summed E-state index contributed by atoms with van der Waals surface area (Å²) in [7, 11) is -3.55. The van der Waals surface area contributed by atoms with E-state index in [9.17, 15) is 13.2 Å². The Labute approximate surface area is 173 Å². The van der Waals surface area contributed by atoms with Crippen molar-refractivity contribution in [3.05, 3.63) is 29.3 Å². The lowest BCUT2D eigenvalue weighted by atomic mass is 10.1. The predicted molar refractivity (Wildman–Crippen MR) is 110 cm³/mol. The van der Waals surface area contributed by atoms with E-state index in [1.807, 2.05) is 6.92 Å². The van der Waals surface area contributed by atoms with Gasteiger partial charge in [0, 0.05) is 11.1 Å². The Hall–Kier alpha value is -1.15. The quantitative estimate of drug-likeness (QED) is 0.697. The van der Waals surface area contributed by atoms with E-state index in [-0.39, 0.29) is 16.8 Å². The van der Waals surface area contributed by atoms with E-state index in [2.05, 4.69) is 5.32 Å². The Kier molecular flexibility index (Phi) is 7.36. The van der Waals surface area contributed by atoms with Crippen LogP contribution in [0.4, 0.5) is 0 Å². The van der Waals surface area contributed by atoms with E-state index >= 15 is 0 Å². The van der Waals surface area contributed by atoms with Gasteiger partial charge in [0.15, 0.2) is 6.04 Å². The van der Waals surface area contributed by atoms with Crippen molar-refractivity contribution in [1.29, 1.82) is 0 Å². The second-order valence-corrected chi connectivity index (χ2v) is 10.3. The zero-order valence-corrected chi connectivity index (χ0v) is 18.1. The molecule has 156 valence electrons. The Bertz CT molecular complexity index is 771. The summed E-state index contributed by atoms with van der Waals surface area (Å²) in [4.78, 5) is 14.0. The number of hydrogen-bond donors (Lipinski definition) is 2. The van der Waals surface area contributed by atoms with Crippen molar-refractivity contribution < 1.29 is 18.1 Å². The smallest absolute Gasteiger partial charge is 0.278 e. The van der Waals surface area contributed by atoms with Crippen molar-refractivity contribution in [2.45, 2.75) is 62.4 Å². The summed E-state index contributed by atoms with van der Waals surface area (Å²) in [6, 6.07) is 6.50. The van der Waals surface area contributed by atoms with E-state index in [1.165, 1.54) is 36.1 Å². The fourth-order valence-electron chi connectivity index (χ4n) is 4.16. The third-order valence-corrected chi connectivity index (χ3v) is 8.14. The van der Waals surface area contributed by atoms with Gasteiger partial charge in [0.25, 0.3) is 5.91 Å². The summed E-state index contributed by atoms with van der Waals surface area (Å²) >= 11 is 5.95. The Morgan fingerprint density at radius 1 is 1.18 bits per heavy atom. The lowest BCUT2D eigenvalue weighted by Crippen LogP contribution is -3.19. The third kappa shape index (κ3) is 5.26. The molecule has 1 saturated carbocycles. The van der Waals surface area contributed by atoms with Crippen LogP contribution >= 0.6 is 11.6 Å². The molecule has 2 fully saturated rings. The number of piperazine rings is 1. The van der Waals surface area contributed by atoms with Crippen LogP contribution in [0.1, 0.15) is 45.4 Å². The van der Waals surface area contributed by atoms with E-state index in [0.29, 0.717) is 37.2 Å². The second-order valence-electron chi connectivity index (χ2n) is 7.94. The predicted octanol–water partition coefficient (Wildman–Crippen LogP) is 1.46. The standard InChI is InChI=1S/C20H30ClN3O3S/c1-16(20(25)22-18-8-4-2-3-5-9-18)23-11-13-24(14-12-23)28(26,27)19-10-6-7-17(21)15-19/h6-7,10,15-16,18H,2-5,8-9,11-14H2,1H3,(H,22,25)/p+1/t16-/m1/s1. The molecule has 8 heteroatoms. The van der Waals surface area contributed by atoms with Crippen molar-refractivity contribution >= 4 is 27.5 Å². The summed E-state index contributed by atoms with van der Waals surface area (Å²) in [5.41, 5.74) is 0. The van der Waals surface area contributed by atoms with Crippen LogP contribution in [0.25, 0.3) is 0 Å². The first kappa shape index (κ1) is 21.6. The molecule has 1 aromatic rings. The summed E-state index contributed by atoms with van der Waals surface area (Å²) < 4.78 is 27.1. The maximum Gasteiger partial charge on any atom is 0.278 e. The Morgan fingerprint density at radius 3 is 2.43 bits per heavy atom. The summed E-state index contributed by atoms with van der Waals surface area (Å²) in [6.07, 6.45) is 7.03. The van der Waals surface area contributed by atoms with Crippen molar-refractivity contribution in [3.8, 4) is 0 Å². The largest absolute Gasteiger partial charge is 0.348 e. The molecule has 0 radical (unpaired) electrons. The maximum atomic E-state index is 12.8. The van der Waals surface area contributed by atoms with Gasteiger partial charge < -0.3 is 10.2 Å². The first-order valence-corrected chi connectivity index (χ1v) is 12.1. The molecule has 1 saturated heterocycles. The van der Waals surface area contributed by atoms with Crippen molar-refractivity contribution in [2.24, 2.45) is 0 Å². The number of amides is 1. The molecular formula is C20H31ClN3O3S+. The van der Waals surface area contributed by atoms with Crippen LogP contribution in [-0.4, -0.2) is 56.9 Å². The first-order valence-electron chi connectivity index (χ1n) is 10.3. The molecule has 0 bridgehead atoms. The van der Waals surface area contributed by atoms with Gasteiger partial charge in [-0.1, -0.05) is 43.4 Å². The van der Waals surface area contributed by atoms with Gasteiger partial charge in [-0.3, -0.25) is 4.79 Å². The van der Waals surface area contributed by atoms with Gasteiger partial charge >= 0.3 is 0 Å². The molecule has 1 aliphatic carbocycles. The number of benzene rings is 1. The normalized spacial score (nSPS) is 21.8. The van der Waals surface area contributed by atoms with Gasteiger partial charge in [0.2, 0.25) is 10.0 Å². The van der Waals surface area contributed by atoms with Gasteiger partial charge in [-0.25, -0.2) is 8.42 Å². The lowest BCUT2D eigenvalue weighted by molar-refractivity contribution is -0.917. The molecule has 0 aromatic heterocycles. The van der Waals surface area contributed by atoms with Gasteiger partial charge in [-0.05, 0) is 38.0 Å². The van der Waals surface area contributed by atoms with Gasteiger partial charge in [0.1, 0.15) is 0 Å². The zero-order chi connectivity index (χ0) is 20.1. The average Bonchev–Trinajstić information content (AvgIpc) is 2.96. The van der Waals surface area contributed by atoms with Gasteiger partial charge in [0.05, 0.1) is 31.1 Å². The first-order chi connectivity index (χ1) is 13.4. The van der Waals surface area contributed by atoms with Gasteiger partial charge in [-0.2, -0.15) is 4.31 Å². The van der Waals surface area contributed by atoms with Crippen molar-refractivity contribution in [3.63, 3.8) is 0 Å². The zero-order valence-electron chi connectivity index (χ0n) is 16.5. The molecule has 3 rings (SSSR count). The van der Waals surface area contributed by atoms with Crippen LogP contribution in [-0.2, 0) is 14.8 Å². The fraction of sp³-hybridized carbons (Fsp3) is 0.650. The molecule has 1 aromatic carbocycles. The van der Waals surface area contributed by atoms with E-state index in [4.69, 9.17) is 11.6 Å². The lowest BCUT2D eigenvalue weighted by Gasteiger charge is -2.34. The molecule has 28 heavy (non-hydrogen) atoms. The third-order valence-electron chi connectivity index (χ3n) is 6.01. The number of rotatable bonds is 5. The molecule has 6 nitrogen and oxygen atoms in total. The number of carbonyl (C=O) groups excluding carboxylic acids is 1. The van der Waals surface area contributed by atoms with Crippen LogP contribution in [0.15, 0.2) is 29.2 Å². The second kappa shape index (κ2) is 9.57. The highest BCUT2D eigenvalue weighted by molar-refractivity contribution is 7.89. The summed E-state index contributed by atoms with van der Waals surface area (Å²) in [5.74, 6) is 0.0908. The topological polar surface area (TPSA) is 70.9 Å². The van der Waals surface area contributed by atoms with E-state index in [1.54, 1.807) is 18.2 Å². The highest BCUT2D eigenvalue weighted by Gasteiger charge is 2.35. The molecule has 1 heterocycles. The molecule has 1 aliphatic heterocycles. The SMILES string of the molecule is C[C@H](C(=O)NC1CCCCCC1)[NH+]1CCN(S(=O)(=O)c2cccc(Cl)c2)CC1. The van der Waals surface area contributed by atoms with Crippen molar-refractivity contribution in [2.75, 3.05) is 26.2 Å². The number of hydrogen-bond acceptors (Lipinski definition) is 3. The molecule has 0 unspecified atom stereocenters. The minimum absolute atomic E-state index is 0.0908. The molecule has 2 aliphatic rings. The van der Waals surface area contributed by atoms with Crippen LogP contribution in [0.3, 0.4) is 0 Å². The number of sulfonamides is 1. The van der Waals surface area contributed by atoms with Crippen LogP contribution in [0, 0.1) is 0 Å². The maximum absolute atomic E-state index is 12.8. The number of quaternary nitrogens is 1. The molecule has 1 atom stereocenters. The number of carbonyl (C=O) groups is 1. The van der Waals surface area contributed by atoms with E-state index < -0.39 is 10.0 Å². The van der Waals surface area contributed by atoms with Crippen LogP contribution in [0.5, 0.6) is 0 Å². The molecule has 2 N–H and O–H groups in total. The highest BCUT2D eigenvalue weighted by atomic mass is 35.5. The number of halogens is 1. The number of nitrogens with zero attached hydrogens (tertiary/aromatic N) is 1. The highest BCUT2D eigenvalue weighted by Crippen LogP contribution is 2.20. The Morgan fingerprint density at radius 2 is 1.82 bits per heavy atom. The molecular weight excluding hydrogens is 398 g/mol. The molecule has 0 spiro atoms.